The molecule has 0 unspecified atom stereocenters. The van der Waals surface area contributed by atoms with Gasteiger partial charge in [0.25, 0.3) is 0 Å². The largest absolute Gasteiger partial charge is 0.497 e. The summed E-state index contributed by atoms with van der Waals surface area (Å²) >= 11 is 2.32. The van der Waals surface area contributed by atoms with E-state index in [0.29, 0.717) is 6.54 Å². The van der Waals surface area contributed by atoms with Crippen LogP contribution in [0.3, 0.4) is 0 Å². The third-order valence-electron chi connectivity index (χ3n) is 4.79. The van der Waals surface area contributed by atoms with Crippen molar-refractivity contribution < 1.29 is 4.74 Å². The maximum absolute atomic E-state index is 5.23. The van der Waals surface area contributed by atoms with E-state index in [1.54, 1.807) is 7.11 Å². The molecule has 1 aromatic heterocycles. The molecular formula is C20H21IN6O. The lowest BCUT2D eigenvalue weighted by Crippen LogP contribution is -2.40. The van der Waals surface area contributed by atoms with Crippen LogP contribution < -0.4 is 15.8 Å². The number of aromatic nitrogens is 2. The minimum absolute atomic E-state index is 0.653. The molecule has 0 amide bonds. The molecule has 0 saturated heterocycles. The van der Waals surface area contributed by atoms with Crippen molar-refractivity contribution in [1.29, 1.82) is 0 Å². The molecule has 0 saturated carbocycles. The van der Waals surface area contributed by atoms with Gasteiger partial charge in [-0.1, -0.05) is 18.2 Å². The Morgan fingerprint density at radius 2 is 1.86 bits per heavy atom. The molecule has 7 nitrogen and oxygen atoms in total. The summed E-state index contributed by atoms with van der Waals surface area (Å²) in [6.07, 6.45) is 1.85. The number of benzene rings is 2. The highest BCUT2D eigenvalue weighted by molar-refractivity contribution is 14.1. The summed E-state index contributed by atoms with van der Waals surface area (Å²) < 4.78 is 8.17. The van der Waals surface area contributed by atoms with E-state index < -0.39 is 0 Å². The molecule has 0 spiro atoms. The fourth-order valence-electron chi connectivity index (χ4n) is 3.01. The lowest BCUT2D eigenvalue weighted by molar-refractivity contribution is 0.288. The fourth-order valence-corrected chi connectivity index (χ4v) is 3.79. The second-order valence-electron chi connectivity index (χ2n) is 6.62. The van der Waals surface area contributed by atoms with Crippen molar-refractivity contribution in [3.8, 4) is 11.4 Å². The van der Waals surface area contributed by atoms with Crippen molar-refractivity contribution in [3.05, 3.63) is 74.6 Å². The van der Waals surface area contributed by atoms with Crippen LogP contribution in [0.15, 0.2) is 53.8 Å². The molecule has 2 N–H and O–H groups in total. The van der Waals surface area contributed by atoms with E-state index in [1.807, 2.05) is 40.2 Å². The van der Waals surface area contributed by atoms with Gasteiger partial charge in [-0.25, -0.2) is 10.2 Å². The highest BCUT2D eigenvalue weighted by Gasteiger charge is 2.24. The van der Waals surface area contributed by atoms with Crippen molar-refractivity contribution in [2.24, 2.45) is 5.10 Å². The Bertz CT molecular complexity index is 1030. The quantitative estimate of drug-likeness (QED) is 0.540. The Morgan fingerprint density at radius 1 is 1.07 bits per heavy atom. The predicted molar refractivity (Wildman–Crippen MR) is 117 cm³/mol. The van der Waals surface area contributed by atoms with Gasteiger partial charge < -0.3 is 4.74 Å². The molecule has 1 aliphatic heterocycles. The van der Waals surface area contributed by atoms with E-state index in [9.17, 15) is 0 Å². The van der Waals surface area contributed by atoms with Gasteiger partial charge >= 0.3 is 0 Å². The van der Waals surface area contributed by atoms with Gasteiger partial charge in [-0.05, 0) is 77.4 Å². The Morgan fingerprint density at radius 3 is 2.57 bits per heavy atom. The van der Waals surface area contributed by atoms with Crippen LogP contribution >= 0.6 is 22.6 Å². The molecule has 0 atom stereocenters. The molecule has 2 heterocycles. The van der Waals surface area contributed by atoms with Crippen LogP contribution in [0.5, 0.6) is 5.75 Å². The summed E-state index contributed by atoms with van der Waals surface area (Å²) in [6, 6.07) is 14.3. The molecule has 2 aromatic carbocycles. The third-order valence-corrected chi connectivity index (χ3v) is 5.83. The number of hydrogen-bond donors (Lipinski definition) is 2. The zero-order valence-corrected chi connectivity index (χ0v) is 18.1. The lowest BCUT2D eigenvalue weighted by atomic mass is 10.1. The number of nitrogens with zero attached hydrogens (tertiary/aromatic N) is 4. The first-order chi connectivity index (χ1) is 13.6. The predicted octanol–water partition coefficient (Wildman–Crippen LogP) is 3.29. The number of ether oxygens (including phenoxy) is 1. The number of halogens is 1. The fraction of sp³-hybridized carbons (Fsp3) is 0.200. The SMILES string of the molecule is COc1ccc(CN2NNN=C2c2cnn(-c3ccc(C)c(C)c3)c2I)cc1. The van der Waals surface area contributed by atoms with Gasteiger partial charge in [0.15, 0.2) is 5.84 Å². The Kier molecular flexibility index (Phi) is 5.23. The molecular weight excluding hydrogens is 467 g/mol. The van der Waals surface area contributed by atoms with Gasteiger partial charge in [0.2, 0.25) is 0 Å². The van der Waals surface area contributed by atoms with Crippen molar-refractivity contribution in [2.75, 3.05) is 7.11 Å². The summed E-state index contributed by atoms with van der Waals surface area (Å²) in [5.41, 5.74) is 11.6. The second kappa shape index (κ2) is 7.80. The van der Waals surface area contributed by atoms with E-state index in [4.69, 9.17) is 4.74 Å². The van der Waals surface area contributed by atoms with Crippen LogP contribution in [0.2, 0.25) is 0 Å². The number of nitrogens with one attached hydrogen (secondary N) is 2. The molecule has 0 aliphatic carbocycles. The number of hydrazone groups is 1. The number of rotatable bonds is 5. The molecule has 8 heteroatoms. The van der Waals surface area contributed by atoms with Crippen LogP contribution in [0.4, 0.5) is 0 Å². The van der Waals surface area contributed by atoms with E-state index in [0.717, 1.165) is 32.1 Å². The summed E-state index contributed by atoms with van der Waals surface area (Å²) in [4.78, 5) is 0. The standard InChI is InChI=1S/C20H21IN6O/c1-13-4-7-16(10-14(13)2)27-19(21)18(11-22-27)20-23-24-25-26(20)12-15-5-8-17(28-3)9-6-15/h4-11,24-25H,12H2,1-3H3. The molecule has 1 aliphatic rings. The molecule has 4 rings (SSSR count). The van der Waals surface area contributed by atoms with Gasteiger partial charge in [-0.3, -0.25) is 5.01 Å². The topological polar surface area (TPSA) is 66.7 Å². The second-order valence-corrected chi connectivity index (χ2v) is 7.64. The van der Waals surface area contributed by atoms with Crippen LogP contribution in [0, 0.1) is 17.5 Å². The average molecular weight is 488 g/mol. The minimum atomic E-state index is 0.653. The maximum Gasteiger partial charge on any atom is 0.177 e. The monoisotopic (exact) mass is 488 g/mol. The van der Waals surface area contributed by atoms with E-state index in [2.05, 4.69) is 75.9 Å². The Labute approximate surface area is 177 Å². The van der Waals surface area contributed by atoms with Crippen molar-refractivity contribution in [3.63, 3.8) is 0 Å². The maximum atomic E-state index is 5.23. The summed E-state index contributed by atoms with van der Waals surface area (Å²) in [5, 5.41) is 11.0. The zero-order valence-electron chi connectivity index (χ0n) is 15.9. The third kappa shape index (κ3) is 3.57. The van der Waals surface area contributed by atoms with Gasteiger partial charge in [-0.2, -0.15) is 5.10 Å². The smallest absolute Gasteiger partial charge is 0.177 e. The van der Waals surface area contributed by atoms with Crippen LogP contribution in [0.25, 0.3) is 5.69 Å². The van der Waals surface area contributed by atoms with Gasteiger partial charge in [-0.15, -0.1) is 10.6 Å². The highest BCUT2D eigenvalue weighted by atomic mass is 127. The van der Waals surface area contributed by atoms with E-state index in [-0.39, 0.29) is 0 Å². The van der Waals surface area contributed by atoms with Gasteiger partial charge in [0.05, 0.1) is 31.1 Å². The Hall–Kier alpha value is -2.59. The van der Waals surface area contributed by atoms with Crippen molar-refractivity contribution >= 4 is 28.4 Å². The summed E-state index contributed by atoms with van der Waals surface area (Å²) in [5.74, 6) is 1.64. The summed E-state index contributed by atoms with van der Waals surface area (Å²) in [6.45, 7) is 4.88. The van der Waals surface area contributed by atoms with E-state index in [1.165, 1.54) is 11.1 Å². The molecule has 28 heavy (non-hydrogen) atoms. The minimum Gasteiger partial charge on any atom is -0.497 e. The lowest BCUT2D eigenvalue weighted by Gasteiger charge is -2.18. The molecule has 0 fully saturated rings. The van der Waals surface area contributed by atoms with Crippen LogP contribution in [-0.2, 0) is 6.54 Å². The van der Waals surface area contributed by atoms with Gasteiger partial charge in [0.1, 0.15) is 9.45 Å². The number of amidine groups is 1. The first-order valence-corrected chi connectivity index (χ1v) is 9.95. The zero-order chi connectivity index (χ0) is 19.7. The molecule has 0 radical (unpaired) electrons. The normalized spacial score (nSPS) is 13.4. The number of hydrazine groups is 2. The molecule has 144 valence electrons. The van der Waals surface area contributed by atoms with E-state index >= 15 is 0 Å². The van der Waals surface area contributed by atoms with Gasteiger partial charge in [0, 0.05) is 0 Å². The first-order valence-electron chi connectivity index (χ1n) is 8.87. The van der Waals surface area contributed by atoms with Crippen LogP contribution in [0.1, 0.15) is 22.3 Å². The van der Waals surface area contributed by atoms with Crippen LogP contribution in [-0.4, -0.2) is 27.7 Å². The molecule has 0 bridgehead atoms. The average Bonchev–Trinajstić information content (AvgIpc) is 3.31. The summed E-state index contributed by atoms with van der Waals surface area (Å²) in [7, 11) is 1.67. The first kappa shape index (κ1) is 18.8. The van der Waals surface area contributed by atoms with Crippen molar-refractivity contribution in [1.82, 2.24) is 25.9 Å². The number of hydrogen-bond acceptors (Lipinski definition) is 6. The van der Waals surface area contributed by atoms with Crippen molar-refractivity contribution in [2.45, 2.75) is 20.4 Å². The molecule has 3 aromatic rings. The number of aryl methyl sites for hydroxylation is 2. The number of methoxy groups -OCH3 is 1. The highest BCUT2D eigenvalue weighted by Crippen LogP contribution is 2.22. The Balaban J connectivity index is 1.59.